The zero-order valence-corrected chi connectivity index (χ0v) is 9.78. The van der Waals surface area contributed by atoms with Gasteiger partial charge in [0.25, 0.3) is 0 Å². The van der Waals surface area contributed by atoms with Gasteiger partial charge in [-0.15, -0.1) is 0 Å². The van der Waals surface area contributed by atoms with Gasteiger partial charge in [0.15, 0.2) is 5.54 Å². The van der Waals surface area contributed by atoms with Gasteiger partial charge < -0.3 is 0 Å². The van der Waals surface area contributed by atoms with E-state index in [2.05, 4.69) is 16.3 Å². The number of nitrogens with zero attached hydrogens (tertiary/aromatic N) is 3. The number of rotatable bonds is 1. The number of hydrogen-bond donors (Lipinski definition) is 0. The lowest BCUT2D eigenvalue weighted by Gasteiger charge is -2.54. The zero-order valence-electron chi connectivity index (χ0n) is 9.78. The van der Waals surface area contributed by atoms with Gasteiger partial charge in [-0.1, -0.05) is 25.7 Å². The van der Waals surface area contributed by atoms with Gasteiger partial charge in [0.1, 0.15) is 5.54 Å². The molecule has 2 fully saturated rings. The van der Waals surface area contributed by atoms with Crippen LogP contribution in [0.4, 0.5) is 0 Å². The van der Waals surface area contributed by atoms with Crippen LogP contribution in [0.3, 0.4) is 0 Å². The Morgan fingerprint density at radius 1 is 0.938 bits per heavy atom. The van der Waals surface area contributed by atoms with Crippen LogP contribution in [-0.2, 0) is 0 Å². The van der Waals surface area contributed by atoms with Crippen molar-refractivity contribution in [1.29, 1.82) is 5.26 Å². The fourth-order valence-electron chi connectivity index (χ4n) is 3.98. The van der Waals surface area contributed by atoms with Gasteiger partial charge in [-0.2, -0.15) is 15.5 Å². The lowest BCUT2D eigenvalue weighted by atomic mass is 9.57. The van der Waals surface area contributed by atoms with E-state index in [9.17, 15) is 5.26 Å². The van der Waals surface area contributed by atoms with Crippen LogP contribution in [0.2, 0.25) is 0 Å². The van der Waals surface area contributed by atoms with E-state index in [1.54, 1.807) is 0 Å². The molecule has 0 N–H and O–H groups in total. The molecule has 0 aromatic carbocycles. The summed E-state index contributed by atoms with van der Waals surface area (Å²) in [6.45, 7) is 0. The summed E-state index contributed by atoms with van der Waals surface area (Å²) in [4.78, 5) is 0. The molecule has 3 rings (SSSR count). The maximum atomic E-state index is 9.46. The highest BCUT2D eigenvalue weighted by Crippen LogP contribution is 2.56. The van der Waals surface area contributed by atoms with Gasteiger partial charge >= 0.3 is 0 Å². The third-order valence-corrected chi connectivity index (χ3v) is 4.93. The smallest absolute Gasteiger partial charge is 0.194 e. The summed E-state index contributed by atoms with van der Waals surface area (Å²) in [5.41, 5.74) is -0.492. The van der Waals surface area contributed by atoms with E-state index < -0.39 is 5.54 Å². The molecule has 0 radical (unpaired) electrons. The van der Waals surface area contributed by atoms with Crippen molar-refractivity contribution in [2.45, 2.75) is 68.9 Å². The second-order valence-corrected chi connectivity index (χ2v) is 5.64. The summed E-state index contributed by atoms with van der Waals surface area (Å²) in [7, 11) is 0. The van der Waals surface area contributed by atoms with Crippen molar-refractivity contribution in [3.8, 4) is 6.07 Å². The largest absolute Gasteiger partial charge is 0.195 e. The van der Waals surface area contributed by atoms with Gasteiger partial charge in [-0.05, 0) is 38.0 Å². The second kappa shape index (κ2) is 3.55. The van der Waals surface area contributed by atoms with E-state index in [0.29, 0.717) is 5.92 Å². The van der Waals surface area contributed by atoms with Crippen molar-refractivity contribution in [3.05, 3.63) is 0 Å². The molecular formula is C13H19N3. The van der Waals surface area contributed by atoms with Crippen molar-refractivity contribution in [2.75, 3.05) is 0 Å². The summed E-state index contributed by atoms with van der Waals surface area (Å²) in [5, 5.41) is 18.2. The minimum atomic E-state index is -0.423. The molecule has 0 saturated heterocycles. The minimum Gasteiger partial charge on any atom is -0.195 e. The van der Waals surface area contributed by atoms with Crippen LogP contribution in [0.1, 0.15) is 57.8 Å². The first-order valence-electron chi connectivity index (χ1n) is 6.68. The molecule has 16 heavy (non-hydrogen) atoms. The number of nitriles is 1. The zero-order chi connectivity index (χ0) is 11.1. The first-order chi connectivity index (χ1) is 7.83. The van der Waals surface area contributed by atoms with Crippen molar-refractivity contribution in [2.24, 2.45) is 16.1 Å². The fourth-order valence-corrected chi connectivity index (χ4v) is 3.98. The summed E-state index contributed by atoms with van der Waals surface area (Å²) < 4.78 is 0. The predicted molar refractivity (Wildman–Crippen MR) is 61.0 cm³/mol. The first-order valence-corrected chi connectivity index (χ1v) is 6.68. The minimum absolute atomic E-state index is 0.0690. The Hall–Kier alpha value is -0.910. The molecule has 2 saturated carbocycles. The molecule has 3 nitrogen and oxygen atoms in total. The Bertz CT molecular complexity index is 351. The van der Waals surface area contributed by atoms with Gasteiger partial charge in [0.2, 0.25) is 0 Å². The molecule has 0 aromatic rings. The maximum absolute atomic E-state index is 9.46. The van der Waals surface area contributed by atoms with Crippen molar-refractivity contribution < 1.29 is 0 Å². The van der Waals surface area contributed by atoms with Crippen LogP contribution in [-0.4, -0.2) is 11.1 Å². The summed E-state index contributed by atoms with van der Waals surface area (Å²) >= 11 is 0. The Labute approximate surface area is 96.9 Å². The SMILES string of the molecule is N#CC12CCCCC1(C1CCCCC1)N=N2. The van der Waals surface area contributed by atoms with E-state index >= 15 is 0 Å². The van der Waals surface area contributed by atoms with E-state index in [0.717, 1.165) is 19.3 Å². The quantitative estimate of drug-likeness (QED) is 0.662. The number of azo groups is 1. The van der Waals surface area contributed by atoms with Crippen LogP contribution >= 0.6 is 0 Å². The maximum Gasteiger partial charge on any atom is 0.194 e. The molecule has 3 aliphatic rings. The Morgan fingerprint density at radius 2 is 1.69 bits per heavy atom. The van der Waals surface area contributed by atoms with Crippen LogP contribution in [0.25, 0.3) is 0 Å². The average molecular weight is 217 g/mol. The molecule has 86 valence electrons. The van der Waals surface area contributed by atoms with Gasteiger partial charge in [0.05, 0.1) is 6.07 Å². The van der Waals surface area contributed by atoms with E-state index in [4.69, 9.17) is 0 Å². The van der Waals surface area contributed by atoms with Crippen LogP contribution in [0.15, 0.2) is 10.2 Å². The van der Waals surface area contributed by atoms with Gasteiger partial charge in [0, 0.05) is 0 Å². The average Bonchev–Trinajstić information content (AvgIpc) is 2.33. The highest BCUT2D eigenvalue weighted by Gasteiger charge is 2.63. The van der Waals surface area contributed by atoms with E-state index in [-0.39, 0.29) is 5.54 Å². The second-order valence-electron chi connectivity index (χ2n) is 5.64. The summed E-state index contributed by atoms with van der Waals surface area (Å²) in [5.74, 6) is 0.638. The van der Waals surface area contributed by atoms with Crippen LogP contribution in [0.5, 0.6) is 0 Å². The van der Waals surface area contributed by atoms with Gasteiger partial charge in [-0.25, -0.2) is 0 Å². The lowest BCUT2D eigenvalue weighted by molar-refractivity contribution is 0.0386. The first kappa shape index (κ1) is 10.3. The molecule has 0 amide bonds. The molecule has 1 heterocycles. The molecule has 2 aliphatic carbocycles. The molecule has 2 atom stereocenters. The Balaban J connectivity index is 1.91. The topological polar surface area (TPSA) is 48.5 Å². The molecule has 2 unspecified atom stereocenters. The van der Waals surface area contributed by atoms with Gasteiger partial charge in [-0.3, -0.25) is 0 Å². The third kappa shape index (κ3) is 1.13. The fraction of sp³-hybridized carbons (Fsp3) is 0.923. The van der Waals surface area contributed by atoms with E-state index in [1.807, 2.05) is 0 Å². The Morgan fingerprint density at radius 3 is 2.31 bits per heavy atom. The van der Waals surface area contributed by atoms with Crippen LogP contribution in [0, 0.1) is 17.2 Å². The van der Waals surface area contributed by atoms with Crippen LogP contribution < -0.4 is 0 Å². The Kier molecular flexibility index (Phi) is 2.27. The predicted octanol–water partition coefficient (Wildman–Crippen LogP) is 3.61. The summed E-state index contributed by atoms with van der Waals surface area (Å²) in [6, 6.07) is 2.49. The third-order valence-electron chi connectivity index (χ3n) is 4.93. The highest BCUT2D eigenvalue weighted by atomic mass is 15.3. The molecule has 0 spiro atoms. The monoisotopic (exact) mass is 217 g/mol. The molecular weight excluding hydrogens is 198 g/mol. The molecule has 1 aliphatic heterocycles. The highest BCUT2D eigenvalue weighted by molar-refractivity contribution is 5.29. The number of hydrogen-bond acceptors (Lipinski definition) is 3. The number of fused-ring (bicyclic) bond motifs is 1. The van der Waals surface area contributed by atoms with Crippen molar-refractivity contribution in [3.63, 3.8) is 0 Å². The molecule has 3 heteroatoms. The molecule has 0 bridgehead atoms. The van der Waals surface area contributed by atoms with Crippen molar-refractivity contribution >= 4 is 0 Å². The summed E-state index contributed by atoms with van der Waals surface area (Å²) in [6.07, 6.45) is 11.0. The lowest BCUT2D eigenvalue weighted by Crippen LogP contribution is -2.62. The standard InChI is InChI=1S/C13H19N3/c14-10-12-8-4-5-9-13(12,16-15-12)11-6-2-1-3-7-11/h11H,1-9H2. The van der Waals surface area contributed by atoms with E-state index in [1.165, 1.54) is 38.5 Å². The van der Waals surface area contributed by atoms with Crippen molar-refractivity contribution in [1.82, 2.24) is 0 Å². The molecule has 0 aromatic heterocycles. The normalized spacial score (nSPS) is 43.2.